The van der Waals surface area contributed by atoms with E-state index in [1.807, 2.05) is 75.3 Å². The summed E-state index contributed by atoms with van der Waals surface area (Å²) < 4.78 is 5.73. The maximum absolute atomic E-state index is 12.4. The molecule has 0 bridgehead atoms. The summed E-state index contributed by atoms with van der Waals surface area (Å²) in [4.78, 5) is 28.1. The fourth-order valence-corrected chi connectivity index (χ4v) is 2.75. The van der Waals surface area contributed by atoms with Gasteiger partial charge in [0.15, 0.2) is 0 Å². The summed E-state index contributed by atoms with van der Waals surface area (Å²) in [6, 6.07) is 15.0. The number of hydrogen-bond donors (Lipinski definition) is 1. The SMILES string of the molecule is CC(=O)N(CCC(=O)Nc1ccccc1OC(C)C)c1ccc(N(C)C)cc1. The Morgan fingerprint density at radius 3 is 2.18 bits per heavy atom. The van der Waals surface area contributed by atoms with Crippen LogP contribution < -0.4 is 19.9 Å². The number of rotatable bonds is 8. The van der Waals surface area contributed by atoms with Gasteiger partial charge in [0.25, 0.3) is 0 Å². The number of anilines is 3. The standard InChI is InChI=1S/C22H29N3O3/c1-16(2)28-21-9-7-6-8-20(21)23-22(27)14-15-25(17(3)26)19-12-10-18(11-13-19)24(4)5/h6-13,16H,14-15H2,1-5H3,(H,23,27). The maximum atomic E-state index is 12.4. The minimum absolute atomic E-state index is 0.0105. The molecular weight excluding hydrogens is 354 g/mol. The highest BCUT2D eigenvalue weighted by Crippen LogP contribution is 2.25. The lowest BCUT2D eigenvalue weighted by Crippen LogP contribution is -2.32. The largest absolute Gasteiger partial charge is 0.489 e. The van der Waals surface area contributed by atoms with Gasteiger partial charge in [0.2, 0.25) is 11.8 Å². The van der Waals surface area contributed by atoms with Gasteiger partial charge < -0.3 is 19.9 Å². The molecule has 0 aliphatic heterocycles. The van der Waals surface area contributed by atoms with Crippen molar-refractivity contribution in [3.63, 3.8) is 0 Å². The van der Waals surface area contributed by atoms with Crippen molar-refractivity contribution in [2.24, 2.45) is 0 Å². The lowest BCUT2D eigenvalue weighted by molar-refractivity contribution is -0.117. The Morgan fingerprint density at radius 2 is 1.61 bits per heavy atom. The molecule has 0 atom stereocenters. The Kier molecular flexibility index (Phi) is 7.44. The van der Waals surface area contributed by atoms with Crippen LogP contribution in [0, 0.1) is 0 Å². The summed E-state index contributed by atoms with van der Waals surface area (Å²) in [5, 5.41) is 2.88. The van der Waals surface area contributed by atoms with Crippen LogP contribution in [0.4, 0.5) is 17.1 Å². The van der Waals surface area contributed by atoms with Crippen LogP contribution in [0.1, 0.15) is 27.2 Å². The molecule has 28 heavy (non-hydrogen) atoms. The zero-order valence-electron chi connectivity index (χ0n) is 17.2. The van der Waals surface area contributed by atoms with Crippen LogP contribution in [0.25, 0.3) is 0 Å². The molecule has 6 nitrogen and oxygen atoms in total. The van der Waals surface area contributed by atoms with Crippen LogP contribution in [0.2, 0.25) is 0 Å². The van der Waals surface area contributed by atoms with Gasteiger partial charge >= 0.3 is 0 Å². The van der Waals surface area contributed by atoms with E-state index in [4.69, 9.17) is 4.74 Å². The maximum Gasteiger partial charge on any atom is 0.226 e. The Hall–Kier alpha value is -3.02. The molecule has 2 aromatic rings. The van der Waals surface area contributed by atoms with Crippen molar-refractivity contribution < 1.29 is 14.3 Å². The number of hydrogen-bond acceptors (Lipinski definition) is 4. The quantitative estimate of drug-likeness (QED) is 0.750. The average Bonchev–Trinajstić information content (AvgIpc) is 2.63. The smallest absolute Gasteiger partial charge is 0.226 e. The zero-order valence-corrected chi connectivity index (χ0v) is 17.2. The van der Waals surface area contributed by atoms with E-state index < -0.39 is 0 Å². The monoisotopic (exact) mass is 383 g/mol. The number of amides is 2. The van der Waals surface area contributed by atoms with Crippen LogP contribution in [-0.2, 0) is 9.59 Å². The Bertz CT molecular complexity index is 801. The Labute approximate surface area is 167 Å². The fraction of sp³-hybridized carbons (Fsp3) is 0.364. The average molecular weight is 383 g/mol. The lowest BCUT2D eigenvalue weighted by Gasteiger charge is -2.22. The minimum atomic E-state index is -0.170. The summed E-state index contributed by atoms with van der Waals surface area (Å²) >= 11 is 0. The number of carbonyl (C=O) groups is 2. The van der Waals surface area contributed by atoms with Crippen molar-refractivity contribution in [2.45, 2.75) is 33.3 Å². The van der Waals surface area contributed by atoms with E-state index in [9.17, 15) is 9.59 Å². The van der Waals surface area contributed by atoms with Gasteiger partial charge in [0, 0.05) is 45.4 Å². The molecule has 2 rings (SSSR count). The summed E-state index contributed by atoms with van der Waals surface area (Å²) in [6.07, 6.45) is 0.196. The van der Waals surface area contributed by atoms with Gasteiger partial charge in [-0.15, -0.1) is 0 Å². The van der Waals surface area contributed by atoms with Gasteiger partial charge in [-0.2, -0.15) is 0 Å². The minimum Gasteiger partial charge on any atom is -0.489 e. The van der Waals surface area contributed by atoms with Gasteiger partial charge in [-0.1, -0.05) is 12.1 Å². The molecule has 0 aliphatic carbocycles. The van der Waals surface area contributed by atoms with Crippen molar-refractivity contribution >= 4 is 28.9 Å². The van der Waals surface area contributed by atoms with E-state index in [1.165, 1.54) is 6.92 Å². The molecule has 0 aliphatic rings. The highest BCUT2D eigenvalue weighted by Gasteiger charge is 2.15. The van der Waals surface area contributed by atoms with Gasteiger partial charge in [0.1, 0.15) is 5.75 Å². The first kappa shape index (κ1) is 21.3. The number of nitrogens with zero attached hydrogens (tertiary/aromatic N) is 2. The molecule has 0 heterocycles. The van der Waals surface area contributed by atoms with E-state index >= 15 is 0 Å². The number of ether oxygens (including phenoxy) is 1. The van der Waals surface area contributed by atoms with Crippen LogP contribution in [-0.4, -0.2) is 38.6 Å². The van der Waals surface area contributed by atoms with Crippen molar-refractivity contribution in [1.29, 1.82) is 0 Å². The van der Waals surface area contributed by atoms with Crippen molar-refractivity contribution in [3.05, 3.63) is 48.5 Å². The number of carbonyl (C=O) groups excluding carboxylic acids is 2. The van der Waals surface area contributed by atoms with E-state index in [0.717, 1.165) is 11.4 Å². The molecule has 0 unspecified atom stereocenters. The molecule has 0 radical (unpaired) electrons. The number of para-hydroxylation sites is 2. The summed E-state index contributed by atoms with van der Waals surface area (Å²) in [5.74, 6) is 0.360. The third-order valence-electron chi connectivity index (χ3n) is 4.14. The van der Waals surface area contributed by atoms with Crippen molar-refractivity contribution in [3.8, 4) is 5.75 Å². The lowest BCUT2D eigenvalue weighted by atomic mass is 10.2. The first-order chi connectivity index (χ1) is 13.3. The second kappa shape index (κ2) is 9.78. The van der Waals surface area contributed by atoms with E-state index in [2.05, 4.69) is 5.32 Å². The normalized spacial score (nSPS) is 10.5. The zero-order chi connectivity index (χ0) is 20.7. The number of benzene rings is 2. The molecule has 0 aromatic heterocycles. The molecule has 0 saturated heterocycles. The van der Waals surface area contributed by atoms with Crippen molar-refractivity contribution in [1.82, 2.24) is 0 Å². The highest BCUT2D eigenvalue weighted by atomic mass is 16.5. The van der Waals surface area contributed by atoms with Crippen LogP contribution >= 0.6 is 0 Å². The predicted molar refractivity (Wildman–Crippen MR) is 114 cm³/mol. The molecule has 150 valence electrons. The van der Waals surface area contributed by atoms with Gasteiger partial charge in [-0.3, -0.25) is 9.59 Å². The fourth-order valence-electron chi connectivity index (χ4n) is 2.75. The van der Waals surface area contributed by atoms with E-state index in [-0.39, 0.29) is 24.3 Å². The Morgan fingerprint density at radius 1 is 1.00 bits per heavy atom. The summed E-state index contributed by atoms with van der Waals surface area (Å²) in [7, 11) is 3.92. The second-order valence-electron chi connectivity index (χ2n) is 7.04. The topological polar surface area (TPSA) is 61.9 Å². The number of nitrogens with one attached hydrogen (secondary N) is 1. The second-order valence-corrected chi connectivity index (χ2v) is 7.04. The molecule has 2 aromatic carbocycles. The molecule has 2 amide bonds. The first-order valence-corrected chi connectivity index (χ1v) is 9.39. The summed E-state index contributed by atoms with van der Waals surface area (Å²) in [6.45, 7) is 5.68. The molecule has 0 fully saturated rings. The Balaban J connectivity index is 2.02. The van der Waals surface area contributed by atoms with Gasteiger partial charge in [0.05, 0.1) is 11.8 Å². The third-order valence-corrected chi connectivity index (χ3v) is 4.14. The molecule has 0 saturated carbocycles. The first-order valence-electron chi connectivity index (χ1n) is 9.39. The highest BCUT2D eigenvalue weighted by molar-refractivity contribution is 5.95. The molecular formula is C22H29N3O3. The molecule has 6 heteroatoms. The summed E-state index contributed by atoms with van der Waals surface area (Å²) in [5.41, 5.74) is 2.45. The molecule has 1 N–H and O–H groups in total. The van der Waals surface area contributed by atoms with Crippen LogP contribution in [0.15, 0.2) is 48.5 Å². The van der Waals surface area contributed by atoms with E-state index in [0.29, 0.717) is 18.0 Å². The van der Waals surface area contributed by atoms with E-state index in [1.54, 1.807) is 11.0 Å². The van der Waals surface area contributed by atoms with Crippen LogP contribution in [0.5, 0.6) is 5.75 Å². The molecule has 0 spiro atoms. The van der Waals surface area contributed by atoms with Crippen molar-refractivity contribution in [2.75, 3.05) is 35.8 Å². The van der Waals surface area contributed by atoms with Gasteiger partial charge in [-0.25, -0.2) is 0 Å². The van der Waals surface area contributed by atoms with Gasteiger partial charge in [-0.05, 0) is 50.2 Å². The van der Waals surface area contributed by atoms with Crippen LogP contribution in [0.3, 0.4) is 0 Å². The third kappa shape index (κ3) is 6.01. The predicted octanol–water partition coefficient (Wildman–Crippen LogP) is 3.92.